The van der Waals surface area contributed by atoms with Crippen molar-refractivity contribution in [3.05, 3.63) is 53.9 Å². The van der Waals surface area contributed by atoms with Crippen molar-refractivity contribution in [2.45, 2.75) is 26.2 Å². The maximum atomic E-state index is 12.9. The van der Waals surface area contributed by atoms with Gasteiger partial charge in [0.1, 0.15) is 17.2 Å². The number of nitrogens with zero attached hydrogens (tertiary/aromatic N) is 5. The number of aromatic nitrogens is 4. The fourth-order valence-corrected chi connectivity index (χ4v) is 3.59. The van der Waals surface area contributed by atoms with E-state index >= 15 is 0 Å². The van der Waals surface area contributed by atoms with Gasteiger partial charge in [-0.05, 0) is 43.7 Å². The normalized spacial score (nSPS) is 17.6. The highest BCUT2D eigenvalue weighted by Gasteiger charge is 2.26. The Labute approximate surface area is 151 Å². The van der Waals surface area contributed by atoms with Crippen LogP contribution in [-0.4, -0.2) is 43.2 Å². The number of rotatable bonds is 3. The minimum absolute atomic E-state index is 0.0110. The lowest BCUT2D eigenvalue weighted by atomic mass is 9.93. The average molecular weight is 350 g/mol. The Morgan fingerprint density at radius 3 is 2.96 bits per heavy atom. The predicted octanol–water partition coefficient (Wildman–Crippen LogP) is 2.11. The van der Waals surface area contributed by atoms with Crippen molar-refractivity contribution in [1.29, 1.82) is 0 Å². The van der Waals surface area contributed by atoms with Crippen LogP contribution in [0.4, 0.5) is 5.82 Å². The highest BCUT2D eigenvalue weighted by Crippen LogP contribution is 2.23. The van der Waals surface area contributed by atoms with Crippen molar-refractivity contribution < 1.29 is 4.79 Å². The third-order valence-corrected chi connectivity index (χ3v) is 4.91. The Kier molecular flexibility index (Phi) is 4.28. The molecule has 0 radical (unpaired) electrons. The van der Waals surface area contributed by atoms with Crippen molar-refractivity contribution in [2.24, 2.45) is 5.92 Å². The molecule has 1 aliphatic heterocycles. The number of amides is 1. The van der Waals surface area contributed by atoms with Crippen molar-refractivity contribution in [3.63, 3.8) is 0 Å². The molecule has 4 heterocycles. The Morgan fingerprint density at radius 1 is 1.27 bits per heavy atom. The van der Waals surface area contributed by atoms with Crippen LogP contribution in [0.25, 0.3) is 5.65 Å². The van der Waals surface area contributed by atoms with E-state index in [0.29, 0.717) is 24.0 Å². The first-order valence-electron chi connectivity index (χ1n) is 8.90. The van der Waals surface area contributed by atoms with E-state index in [1.165, 1.54) is 0 Å². The molecule has 3 aromatic rings. The number of carbonyl (C=O) groups excluding carboxylic acids is 1. The second-order valence-electron chi connectivity index (χ2n) is 6.95. The number of imidazole rings is 1. The van der Waals surface area contributed by atoms with Crippen LogP contribution in [0.5, 0.6) is 0 Å². The number of nitrogens with two attached hydrogens (primary N) is 1. The molecule has 7 nitrogen and oxygen atoms in total. The van der Waals surface area contributed by atoms with Gasteiger partial charge in [-0.1, -0.05) is 6.07 Å². The first-order chi connectivity index (χ1) is 12.6. The zero-order valence-electron chi connectivity index (χ0n) is 14.8. The van der Waals surface area contributed by atoms with Crippen LogP contribution in [0.15, 0.2) is 36.9 Å². The number of anilines is 1. The number of pyridine rings is 1. The molecule has 7 heteroatoms. The first kappa shape index (κ1) is 16.5. The van der Waals surface area contributed by atoms with Crippen molar-refractivity contribution in [3.8, 4) is 0 Å². The van der Waals surface area contributed by atoms with Crippen LogP contribution in [0.3, 0.4) is 0 Å². The van der Waals surface area contributed by atoms with Crippen LogP contribution in [0.1, 0.15) is 34.6 Å². The molecule has 1 aliphatic rings. The zero-order valence-corrected chi connectivity index (χ0v) is 14.8. The standard InChI is InChI=1S/C19H22N6O/c1-13-4-5-17-23-16(12-25(17)10-13)19(26)24-8-2-3-14(11-24)9-15-18(20)22-7-6-21-15/h4-7,10,12,14H,2-3,8-9,11H2,1H3,(H2,20,22). The molecule has 3 aromatic heterocycles. The first-order valence-corrected chi connectivity index (χ1v) is 8.90. The molecule has 0 aliphatic carbocycles. The Balaban J connectivity index is 1.49. The Morgan fingerprint density at radius 2 is 2.12 bits per heavy atom. The minimum Gasteiger partial charge on any atom is -0.382 e. The summed E-state index contributed by atoms with van der Waals surface area (Å²) in [6.45, 7) is 3.48. The Bertz CT molecular complexity index is 950. The van der Waals surface area contributed by atoms with Crippen molar-refractivity contribution >= 4 is 17.4 Å². The van der Waals surface area contributed by atoms with E-state index in [1.54, 1.807) is 12.4 Å². The molecule has 134 valence electrons. The molecule has 0 aromatic carbocycles. The molecule has 1 atom stereocenters. The van der Waals surface area contributed by atoms with Crippen molar-refractivity contribution in [2.75, 3.05) is 18.8 Å². The second kappa shape index (κ2) is 6.74. The summed E-state index contributed by atoms with van der Waals surface area (Å²) in [5.74, 6) is 0.806. The van der Waals surface area contributed by atoms with Crippen LogP contribution in [0, 0.1) is 12.8 Å². The summed E-state index contributed by atoms with van der Waals surface area (Å²) >= 11 is 0. The lowest BCUT2D eigenvalue weighted by Gasteiger charge is -2.32. The van der Waals surface area contributed by atoms with Crippen molar-refractivity contribution in [1.82, 2.24) is 24.3 Å². The van der Waals surface area contributed by atoms with Gasteiger partial charge in [-0.15, -0.1) is 0 Å². The fourth-order valence-electron chi connectivity index (χ4n) is 3.59. The highest BCUT2D eigenvalue weighted by molar-refractivity contribution is 5.93. The van der Waals surface area contributed by atoms with E-state index < -0.39 is 0 Å². The average Bonchev–Trinajstić information content (AvgIpc) is 3.06. The number of piperidine rings is 1. The maximum absolute atomic E-state index is 12.9. The number of likely N-dealkylation sites (tertiary alicyclic amines) is 1. The largest absolute Gasteiger partial charge is 0.382 e. The molecular formula is C19H22N6O. The summed E-state index contributed by atoms with van der Waals surface area (Å²) in [5.41, 5.74) is 9.15. The quantitative estimate of drug-likeness (QED) is 0.781. The minimum atomic E-state index is -0.0110. The van der Waals surface area contributed by atoms with E-state index in [9.17, 15) is 4.79 Å². The Hall–Kier alpha value is -2.96. The lowest BCUT2D eigenvalue weighted by molar-refractivity contribution is 0.0667. The molecule has 1 fully saturated rings. The molecule has 1 unspecified atom stereocenters. The summed E-state index contributed by atoms with van der Waals surface area (Å²) in [5, 5.41) is 0. The molecule has 1 saturated heterocycles. The van der Waals surface area contributed by atoms with Crippen LogP contribution >= 0.6 is 0 Å². The molecular weight excluding hydrogens is 328 g/mol. The summed E-state index contributed by atoms with van der Waals surface area (Å²) < 4.78 is 1.91. The molecule has 1 amide bonds. The number of hydrogen-bond acceptors (Lipinski definition) is 5. The van der Waals surface area contributed by atoms with E-state index in [1.807, 2.05) is 40.8 Å². The zero-order chi connectivity index (χ0) is 18.1. The van der Waals surface area contributed by atoms with E-state index in [4.69, 9.17) is 5.73 Å². The number of carbonyl (C=O) groups is 1. The maximum Gasteiger partial charge on any atom is 0.274 e. The molecule has 0 bridgehead atoms. The smallest absolute Gasteiger partial charge is 0.274 e. The molecule has 0 saturated carbocycles. The van der Waals surface area contributed by atoms with E-state index in [0.717, 1.165) is 42.7 Å². The number of hydrogen-bond donors (Lipinski definition) is 1. The summed E-state index contributed by atoms with van der Waals surface area (Å²) in [6.07, 6.45) is 9.83. The van der Waals surface area contributed by atoms with Gasteiger partial charge >= 0.3 is 0 Å². The molecule has 0 spiro atoms. The third-order valence-electron chi connectivity index (χ3n) is 4.91. The van der Waals surface area contributed by atoms with Crippen LogP contribution in [-0.2, 0) is 6.42 Å². The predicted molar refractivity (Wildman–Crippen MR) is 98.7 cm³/mol. The summed E-state index contributed by atoms with van der Waals surface area (Å²) in [6, 6.07) is 3.93. The van der Waals surface area contributed by atoms with Gasteiger partial charge in [0.25, 0.3) is 5.91 Å². The van der Waals surface area contributed by atoms with Gasteiger partial charge < -0.3 is 15.0 Å². The number of aryl methyl sites for hydroxylation is 1. The van der Waals surface area contributed by atoms with Crippen LogP contribution in [0.2, 0.25) is 0 Å². The lowest BCUT2D eigenvalue weighted by Crippen LogP contribution is -2.40. The fraction of sp³-hybridized carbons (Fsp3) is 0.368. The summed E-state index contributed by atoms with van der Waals surface area (Å²) in [7, 11) is 0. The van der Waals surface area contributed by atoms with Gasteiger partial charge in [0.15, 0.2) is 0 Å². The number of nitrogen functional groups attached to an aromatic ring is 1. The van der Waals surface area contributed by atoms with Gasteiger partial charge in [-0.3, -0.25) is 9.78 Å². The van der Waals surface area contributed by atoms with Gasteiger partial charge in [-0.2, -0.15) is 0 Å². The highest BCUT2D eigenvalue weighted by atomic mass is 16.2. The topological polar surface area (TPSA) is 89.4 Å². The van der Waals surface area contributed by atoms with Crippen LogP contribution < -0.4 is 5.73 Å². The molecule has 4 rings (SSSR count). The molecule has 2 N–H and O–H groups in total. The number of fused-ring (bicyclic) bond motifs is 1. The SMILES string of the molecule is Cc1ccc2nc(C(=O)N3CCCC(Cc4nccnc4N)C3)cn2c1. The van der Waals surface area contributed by atoms with Gasteiger partial charge in [-0.25, -0.2) is 9.97 Å². The summed E-state index contributed by atoms with van der Waals surface area (Å²) in [4.78, 5) is 27.7. The second-order valence-corrected chi connectivity index (χ2v) is 6.95. The molecule has 26 heavy (non-hydrogen) atoms. The van der Waals surface area contributed by atoms with Gasteiger partial charge in [0.2, 0.25) is 0 Å². The third kappa shape index (κ3) is 3.24. The monoisotopic (exact) mass is 350 g/mol. The van der Waals surface area contributed by atoms with Gasteiger partial charge in [0.05, 0.1) is 5.69 Å². The van der Waals surface area contributed by atoms with Gasteiger partial charge in [0, 0.05) is 37.9 Å². The van der Waals surface area contributed by atoms with E-state index in [2.05, 4.69) is 15.0 Å². The van der Waals surface area contributed by atoms with E-state index in [-0.39, 0.29) is 5.91 Å².